The average Bonchev–Trinajstić information content (AvgIpc) is 3.18. The molecule has 0 spiro atoms. The van der Waals surface area contributed by atoms with Crippen LogP contribution in [0.5, 0.6) is 0 Å². The summed E-state index contributed by atoms with van der Waals surface area (Å²) in [4.78, 5) is 19.5. The van der Waals surface area contributed by atoms with Crippen LogP contribution in [0.15, 0.2) is 48.5 Å². The molecule has 1 heterocycles. The highest BCUT2D eigenvalue weighted by Gasteiger charge is 2.29. The fraction of sp³-hybridized carbons (Fsp3) is 0.435. The lowest BCUT2D eigenvalue weighted by molar-refractivity contribution is 0.0778. The second-order valence-electron chi connectivity index (χ2n) is 7.40. The number of likely N-dealkylation sites (N-methyl/N-ethyl adjacent to an activating group) is 1. The third-order valence-electron chi connectivity index (χ3n) is 5.61. The average molecular weight is 366 g/mol. The van der Waals surface area contributed by atoms with Crippen LogP contribution >= 0.6 is 0 Å². The molecule has 1 amide bonds. The van der Waals surface area contributed by atoms with E-state index in [2.05, 4.69) is 74.1 Å². The fourth-order valence-corrected chi connectivity index (χ4v) is 4.05. The summed E-state index contributed by atoms with van der Waals surface area (Å²) >= 11 is 0. The van der Waals surface area contributed by atoms with Crippen molar-refractivity contribution in [3.05, 3.63) is 54.1 Å². The van der Waals surface area contributed by atoms with Gasteiger partial charge in [0.1, 0.15) is 0 Å². The Balaban J connectivity index is 1.74. The normalized spacial score (nSPS) is 16.8. The molecule has 0 aliphatic carbocycles. The number of amides is 1. The number of hydrogen-bond acceptors (Lipinski definition) is 3. The summed E-state index contributed by atoms with van der Waals surface area (Å²) in [7, 11) is 4.10. The van der Waals surface area contributed by atoms with E-state index in [1.807, 2.05) is 17.0 Å². The second-order valence-corrected chi connectivity index (χ2v) is 7.40. The summed E-state index contributed by atoms with van der Waals surface area (Å²) in [5.74, 6) is 0.150. The van der Waals surface area contributed by atoms with Crippen LogP contribution in [0.1, 0.15) is 30.6 Å². The molecule has 2 aromatic carbocycles. The van der Waals surface area contributed by atoms with E-state index in [1.165, 1.54) is 11.3 Å². The minimum Gasteiger partial charge on any atom is -0.377 e. The topological polar surface area (TPSA) is 26.8 Å². The lowest BCUT2D eigenvalue weighted by atomic mass is 10.0. The summed E-state index contributed by atoms with van der Waals surface area (Å²) in [6, 6.07) is 16.9. The smallest absolute Gasteiger partial charge is 0.253 e. The predicted molar refractivity (Wildman–Crippen MR) is 113 cm³/mol. The van der Waals surface area contributed by atoms with Crippen LogP contribution in [0.4, 0.5) is 5.69 Å². The maximum Gasteiger partial charge on any atom is 0.253 e. The van der Waals surface area contributed by atoms with Gasteiger partial charge in [-0.1, -0.05) is 44.2 Å². The SMILES string of the molecule is CCN(CC)C1CCN(C(=O)c2ccc(-c3ccccc3N(C)C)cc2)C1. The minimum absolute atomic E-state index is 0.150. The van der Waals surface area contributed by atoms with Gasteiger partial charge in [0.05, 0.1) is 0 Å². The Kier molecular flexibility index (Phi) is 6.17. The maximum absolute atomic E-state index is 12.9. The van der Waals surface area contributed by atoms with Gasteiger partial charge in [-0.15, -0.1) is 0 Å². The largest absolute Gasteiger partial charge is 0.377 e. The Morgan fingerprint density at radius 2 is 1.70 bits per heavy atom. The molecule has 1 atom stereocenters. The van der Waals surface area contributed by atoms with Crippen molar-refractivity contribution in [2.24, 2.45) is 0 Å². The van der Waals surface area contributed by atoms with Crippen molar-refractivity contribution in [1.29, 1.82) is 0 Å². The van der Waals surface area contributed by atoms with E-state index in [4.69, 9.17) is 0 Å². The molecular weight excluding hydrogens is 334 g/mol. The van der Waals surface area contributed by atoms with Gasteiger partial charge in [-0.3, -0.25) is 9.69 Å². The van der Waals surface area contributed by atoms with Crippen molar-refractivity contribution in [1.82, 2.24) is 9.80 Å². The first-order valence-corrected chi connectivity index (χ1v) is 9.95. The van der Waals surface area contributed by atoms with E-state index in [0.717, 1.165) is 43.7 Å². The number of anilines is 1. The third-order valence-corrected chi connectivity index (χ3v) is 5.61. The first-order valence-electron chi connectivity index (χ1n) is 9.95. The van der Waals surface area contributed by atoms with Gasteiger partial charge in [0, 0.05) is 50.0 Å². The van der Waals surface area contributed by atoms with Gasteiger partial charge in [0.25, 0.3) is 5.91 Å². The maximum atomic E-state index is 12.9. The van der Waals surface area contributed by atoms with Crippen LogP contribution in [0.25, 0.3) is 11.1 Å². The standard InChI is InChI=1S/C23H31N3O/c1-5-25(6-2)20-15-16-26(17-20)23(27)19-13-11-18(12-14-19)21-9-7-8-10-22(21)24(3)4/h7-14,20H,5-6,15-17H2,1-4H3. The van der Waals surface area contributed by atoms with E-state index in [1.54, 1.807) is 0 Å². The van der Waals surface area contributed by atoms with Crippen molar-refractivity contribution in [2.45, 2.75) is 26.3 Å². The number of likely N-dealkylation sites (tertiary alicyclic amines) is 1. The number of rotatable bonds is 6. The van der Waals surface area contributed by atoms with E-state index < -0.39 is 0 Å². The lowest BCUT2D eigenvalue weighted by Gasteiger charge is -2.26. The van der Waals surface area contributed by atoms with Gasteiger partial charge in [-0.25, -0.2) is 0 Å². The third kappa shape index (κ3) is 4.16. The van der Waals surface area contributed by atoms with Crippen molar-refractivity contribution in [3.8, 4) is 11.1 Å². The van der Waals surface area contributed by atoms with E-state index >= 15 is 0 Å². The van der Waals surface area contributed by atoms with E-state index in [0.29, 0.717) is 6.04 Å². The highest BCUT2D eigenvalue weighted by molar-refractivity contribution is 5.95. The Morgan fingerprint density at radius 1 is 1.04 bits per heavy atom. The molecule has 1 aliphatic heterocycles. The Labute approximate surface area is 163 Å². The number of benzene rings is 2. The van der Waals surface area contributed by atoms with Gasteiger partial charge in [0.15, 0.2) is 0 Å². The van der Waals surface area contributed by atoms with E-state index in [9.17, 15) is 4.79 Å². The predicted octanol–water partition coefficient (Wildman–Crippen LogP) is 3.98. The molecule has 0 radical (unpaired) electrons. The van der Waals surface area contributed by atoms with Gasteiger partial charge < -0.3 is 9.80 Å². The molecule has 1 saturated heterocycles. The molecule has 0 bridgehead atoms. The molecule has 4 heteroatoms. The highest BCUT2D eigenvalue weighted by atomic mass is 16.2. The zero-order valence-electron chi connectivity index (χ0n) is 17.0. The molecule has 144 valence electrons. The molecule has 1 fully saturated rings. The summed E-state index contributed by atoms with van der Waals surface area (Å²) in [5, 5.41) is 0. The Morgan fingerprint density at radius 3 is 2.33 bits per heavy atom. The van der Waals surface area contributed by atoms with Crippen LogP contribution in [0.2, 0.25) is 0 Å². The minimum atomic E-state index is 0.150. The van der Waals surface area contributed by atoms with Crippen molar-refractivity contribution < 1.29 is 4.79 Å². The number of carbonyl (C=O) groups excluding carboxylic acids is 1. The van der Waals surface area contributed by atoms with Gasteiger partial charge in [-0.2, -0.15) is 0 Å². The number of nitrogens with zero attached hydrogens (tertiary/aromatic N) is 3. The van der Waals surface area contributed by atoms with Crippen LogP contribution in [0, 0.1) is 0 Å². The quantitative estimate of drug-likeness (QED) is 0.775. The van der Waals surface area contributed by atoms with Crippen LogP contribution in [0.3, 0.4) is 0 Å². The summed E-state index contributed by atoms with van der Waals surface area (Å²) in [5.41, 5.74) is 4.28. The first-order chi connectivity index (χ1) is 13.0. The second kappa shape index (κ2) is 8.57. The van der Waals surface area contributed by atoms with Crippen LogP contribution in [-0.4, -0.2) is 62.0 Å². The zero-order chi connectivity index (χ0) is 19.4. The molecule has 1 aliphatic rings. The Hall–Kier alpha value is -2.33. The van der Waals surface area contributed by atoms with E-state index in [-0.39, 0.29) is 5.91 Å². The number of hydrogen-bond donors (Lipinski definition) is 0. The zero-order valence-corrected chi connectivity index (χ0v) is 17.0. The van der Waals surface area contributed by atoms with Gasteiger partial charge in [-0.05, 0) is 43.3 Å². The fourth-order valence-electron chi connectivity index (χ4n) is 4.05. The Bertz CT molecular complexity index is 765. The molecule has 0 saturated carbocycles. The molecule has 27 heavy (non-hydrogen) atoms. The van der Waals surface area contributed by atoms with Crippen molar-refractivity contribution in [2.75, 3.05) is 45.2 Å². The van der Waals surface area contributed by atoms with Crippen LogP contribution < -0.4 is 4.90 Å². The van der Waals surface area contributed by atoms with Gasteiger partial charge in [0.2, 0.25) is 0 Å². The monoisotopic (exact) mass is 365 g/mol. The number of para-hydroxylation sites is 1. The molecule has 4 nitrogen and oxygen atoms in total. The summed E-state index contributed by atoms with van der Waals surface area (Å²) in [6.45, 7) is 8.17. The molecule has 0 aromatic heterocycles. The van der Waals surface area contributed by atoms with Crippen LogP contribution in [-0.2, 0) is 0 Å². The summed E-state index contributed by atoms with van der Waals surface area (Å²) < 4.78 is 0. The molecule has 3 rings (SSSR count). The molecule has 2 aromatic rings. The van der Waals surface area contributed by atoms with Crippen molar-refractivity contribution >= 4 is 11.6 Å². The first kappa shape index (κ1) is 19.4. The van der Waals surface area contributed by atoms with Crippen molar-refractivity contribution in [3.63, 3.8) is 0 Å². The molecular formula is C23H31N3O. The lowest BCUT2D eigenvalue weighted by Crippen LogP contribution is -2.38. The van der Waals surface area contributed by atoms with Gasteiger partial charge >= 0.3 is 0 Å². The highest BCUT2D eigenvalue weighted by Crippen LogP contribution is 2.30. The summed E-state index contributed by atoms with van der Waals surface area (Å²) in [6.07, 6.45) is 1.07. The number of carbonyl (C=O) groups is 1. The molecule has 0 N–H and O–H groups in total. The molecule has 1 unspecified atom stereocenters.